The van der Waals surface area contributed by atoms with Gasteiger partial charge in [0.2, 0.25) is 5.91 Å². The molecule has 0 aliphatic heterocycles. The molecule has 0 aromatic heterocycles. The van der Waals surface area contributed by atoms with Crippen LogP contribution in [-0.2, 0) is 4.79 Å². The quantitative estimate of drug-likeness (QED) is 0.842. The molecule has 1 amide bonds. The summed E-state index contributed by atoms with van der Waals surface area (Å²) in [7, 11) is 2.05. The molecule has 1 aliphatic rings. The van der Waals surface area contributed by atoms with Gasteiger partial charge in [0, 0.05) is 31.7 Å². The Morgan fingerprint density at radius 3 is 2.52 bits per heavy atom. The van der Waals surface area contributed by atoms with E-state index in [-0.39, 0.29) is 11.8 Å². The van der Waals surface area contributed by atoms with E-state index in [0.29, 0.717) is 12.5 Å². The third kappa shape index (κ3) is 4.74. The first-order valence-corrected chi connectivity index (χ1v) is 7.94. The maximum absolute atomic E-state index is 12.2. The molecule has 0 radical (unpaired) electrons. The van der Waals surface area contributed by atoms with Gasteiger partial charge in [0.25, 0.3) is 0 Å². The molecular weight excluding hydrogens is 262 g/mol. The SMILES string of the molecule is CN(CCNC(=O)C1CCC(CN)CC1)c1ccccc1. The van der Waals surface area contributed by atoms with Gasteiger partial charge >= 0.3 is 0 Å². The van der Waals surface area contributed by atoms with Crippen molar-refractivity contribution in [3.63, 3.8) is 0 Å². The zero-order valence-corrected chi connectivity index (χ0v) is 12.9. The molecule has 1 saturated carbocycles. The van der Waals surface area contributed by atoms with Crippen molar-refractivity contribution < 1.29 is 4.79 Å². The molecule has 0 unspecified atom stereocenters. The van der Waals surface area contributed by atoms with Gasteiger partial charge in [0.15, 0.2) is 0 Å². The first-order chi connectivity index (χ1) is 10.2. The van der Waals surface area contributed by atoms with Gasteiger partial charge in [-0.2, -0.15) is 0 Å². The number of anilines is 1. The van der Waals surface area contributed by atoms with E-state index in [9.17, 15) is 4.79 Å². The molecule has 1 aromatic rings. The number of nitrogens with two attached hydrogens (primary N) is 1. The lowest BCUT2D eigenvalue weighted by Crippen LogP contribution is -2.38. The summed E-state index contributed by atoms with van der Waals surface area (Å²) in [6, 6.07) is 10.2. The maximum atomic E-state index is 12.2. The lowest BCUT2D eigenvalue weighted by molar-refractivity contribution is -0.126. The van der Waals surface area contributed by atoms with Gasteiger partial charge in [-0.25, -0.2) is 0 Å². The van der Waals surface area contributed by atoms with Crippen LogP contribution in [0.15, 0.2) is 30.3 Å². The van der Waals surface area contributed by atoms with Gasteiger partial charge in [-0.1, -0.05) is 18.2 Å². The minimum Gasteiger partial charge on any atom is -0.373 e. The number of nitrogens with zero attached hydrogens (tertiary/aromatic N) is 1. The average molecular weight is 289 g/mol. The molecule has 1 aliphatic carbocycles. The molecule has 21 heavy (non-hydrogen) atoms. The molecule has 1 aromatic carbocycles. The van der Waals surface area contributed by atoms with Crippen molar-refractivity contribution in [2.45, 2.75) is 25.7 Å². The van der Waals surface area contributed by atoms with Gasteiger partial charge in [-0.15, -0.1) is 0 Å². The number of hydrogen-bond donors (Lipinski definition) is 2. The second-order valence-corrected chi connectivity index (χ2v) is 6.00. The number of rotatable bonds is 6. The molecule has 0 atom stereocenters. The molecular formula is C17H27N3O. The highest BCUT2D eigenvalue weighted by atomic mass is 16.1. The normalized spacial score (nSPS) is 21.8. The number of likely N-dealkylation sites (N-methyl/N-ethyl adjacent to an activating group) is 1. The molecule has 4 nitrogen and oxygen atoms in total. The molecule has 4 heteroatoms. The van der Waals surface area contributed by atoms with Crippen LogP contribution in [0.5, 0.6) is 0 Å². The summed E-state index contributed by atoms with van der Waals surface area (Å²) in [6.07, 6.45) is 4.17. The number of carbonyl (C=O) groups is 1. The molecule has 0 spiro atoms. The first kappa shape index (κ1) is 15.8. The number of hydrogen-bond acceptors (Lipinski definition) is 3. The van der Waals surface area contributed by atoms with Crippen LogP contribution in [0.3, 0.4) is 0 Å². The summed E-state index contributed by atoms with van der Waals surface area (Å²) in [6.45, 7) is 2.28. The fourth-order valence-electron chi connectivity index (χ4n) is 2.96. The summed E-state index contributed by atoms with van der Waals surface area (Å²) in [5.74, 6) is 1.03. The Morgan fingerprint density at radius 1 is 1.24 bits per heavy atom. The van der Waals surface area contributed by atoms with E-state index in [1.165, 1.54) is 5.69 Å². The van der Waals surface area contributed by atoms with Crippen molar-refractivity contribution >= 4 is 11.6 Å². The molecule has 0 saturated heterocycles. The monoisotopic (exact) mass is 289 g/mol. The van der Waals surface area contributed by atoms with Crippen LogP contribution in [0.2, 0.25) is 0 Å². The lowest BCUT2D eigenvalue weighted by Gasteiger charge is -2.27. The van der Waals surface area contributed by atoms with E-state index in [2.05, 4.69) is 22.3 Å². The Hall–Kier alpha value is -1.55. The predicted molar refractivity (Wildman–Crippen MR) is 87.2 cm³/mol. The fourth-order valence-corrected chi connectivity index (χ4v) is 2.96. The Bertz CT molecular complexity index is 427. The third-order valence-corrected chi connectivity index (χ3v) is 4.49. The minimum atomic E-state index is 0.190. The van der Waals surface area contributed by atoms with E-state index in [0.717, 1.165) is 38.8 Å². The molecule has 2 rings (SSSR count). The maximum Gasteiger partial charge on any atom is 0.223 e. The summed E-state index contributed by atoms with van der Waals surface area (Å²) in [5, 5.41) is 3.07. The standard InChI is InChI=1S/C17H27N3O/c1-20(16-5-3-2-4-6-16)12-11-19-17(21)15-9-7-14(13-18)8-10-15/h2-6,14-15H,7-13,18H2,1H3,(H,19,21). The van der Waals surface area contributed by atoms with Crippen molar-refractivity contribution in [3.8, 4) is 0 Å². The van der Waals surface area contributed by atoms with Crippen LogP contribution in [0.25, 0.3) is 0 Å². The Morgan fingerprint density at radius 2 is 1.90 bits per heavy atom. The Balaban J connectivity index is 1.68. The lowest BCUT2D eigenvalue weighted by atomic mass is 9.81. The van der Waals surface area contributed by atoms with Crippen molar-refractivity contribution in [2.24, 2.45) is 17.6 Å². The van der Waals surface area contributed by atoms with Gasteiger partial charge < -0.3 is 16.0 Å². The van der Waals surface area contributed by atoms with E-state index in [4.69, 9.17) is 5.73 Å². The largest absolute Gasteiger partial charge is 0.373 e. The van der Waals surface area contributed by atoms with Crippen LogP contribution in [-0.4, -0.2) is 32.6 Å². The van der Waals surface area contributed by atoms with Crippen LogP contribution < -0.4 is 16.0 Å². The molecule has 1 fully saturated rings. The summed E-state index contributed by atoms with van der Waals surface area (Å²) in [5.41, 5.74) is 6.86. The van der Waals surface area contributed by atoms with Gasteiger partial charge in [-0.3, -0.25) is 4.79 Å². The van der Waals surface area contributed by atoms with Crippen LogP contribution >= 0.6 is 0 Å². The second-order valence-electron chi connectivity index (χ2n) is 6.00. The van der Waals surface area contributed by atoms with Crippen molar-refractivity contribution in [1.82, 2.24) is 5.32 Å². The highest BCUT2D eigenvalue weighted by Crippen LogP contribution is 2.28. The fraction of sp³-hybridized carbons (Fsp3) is 0.588. The van der Waals surface area contributed by atoms with Crippen LogP contribution in [0.1, 0.15) is 25.7 Å². The summed E-state index contributed by atoms with van der Waals surface area (Å²) in [4.78, 5) is 14.3. The van der Waals surface area contributed by atoms with E-state index < -0.39 is 0 Å². The number of benzene rings is 1. The number of carbonyl (C=O) groups excluding carboxylic acids is 1. The number of nitrogens with one attached hydrogen (secondary N) is 1. The van der Waals surface area contributed by atoms with Gasteiger partial charge in [0.05, 0.1) is 0 Å². The van der Waals surface area contributed by atoms with Crippen LogP contribution in [0.4, 0.5) is 5.69 Å². The molecule has 0 heterocycles. The summed E-state index contributed by atoms with van der Waals surface area (Å²) >= 11 is 0. The second kappa shape index (κ2) is 8.03. The van der Waals surface area contributed by atoms with Gasteiger partial charge in [-0.05, 0) is 50.3 Å². The first-order valence-electron chi connectivity index (χ1n) is 7.94. The Labute approximate surface area is 127 Å². The van der Waals surface area contributed by atoms with E-state index >= 15 is 0 Å². The molecule has 0 bridgehead atoms. The zero-order valence-electron chi connectivity index (χ0n) is 12.9. The topological polar surface area (TPSA) is 58.4 Å². The smallest absolute Gasteiger partial charge is 0.223 e. The number of para-hydroxylation sites is 1. The zero-order chi connectivity index (χ0) is 15.1. The van der Waals surface area contributed by atoms with Crippen molar-refractivity contribution in [3.05, 3.63) is 30.3 Å². The van der Waals surface area contributed by atoms with E-state index in [1.807, 2.05) is 25.2 Å². The van der Waals surface area contributed by atoms with Crippen LogP contribution in [0, 0.1) is 11.8 Å². The Kier molecular flexibility index (Phi) is 6.05. The molecule has 116 valence electrons. The molecule has 3 N–H and O–H groups in total. The van der Waals surface area contributed by atoms with Crippen molar-refractivity contribution in [2.75, 3.05) is 31.6 Å². The van der Waals surface area contributed by atoms with E-state index in [1.54, 1.807) is 0 Å². The highest BCUT2D eigenvalue weighted by molar-refractivity contribution is 5.78. The van der Waals surface area contributed by atoms with Gasteiger partial charge in [0.1, 0.15) is 0 Å². The number of amides is 1. The highest BCUT2D eigenvalue weighted by Gasteiger charge is 2.25. The van der Waals surface area contributed by atoms with Crippen molar-refractivity contribution in [1.29, 1.82) is 0 Å². The summed E-state index contributed by atoms with van der Waals surface area (Å²) < 4.78 is 0. The average Bonchev–Trinajstić information content (AvgIpc) is 2.55. The minimum absolute atomic E-state index is 0.190. The third-order valence-electron chi connectivity index (χ3n) is 4.49. The predicted octanol–water partition coefficient (Wildman–Crippen LogP) is 2.00.